The highest BCUT2D eigenvalue weighted by Gasteiger charge is 2.09. The summed E-state index contributed by atoms with van der Waals surface area (Å²) in [5, 5.41) is 0. The lowest BCUT2D eigenvalue weighted by atomic mass is 10.2. The second-order valence-corrected chi connectivity index (χ2v) is 6.42. The summed E-state index contributed by atoms with van der Waals surface area (Å²) in [6, 6.07) is 9.22. The minimum absolute atomic E-state index is 0.0675. The van der Waals surface area contributed by atoms with E-state index in [1.54, 1.807) is 0 Å². The van der Waals surface area contributed by atoms with Gasteiger partial charge in [-0.2, -0.15) is 0 Å². The number of halogens is 1. The molecule has 5 heteroatoms. The molecule has 0 unspecified atom stereocenters. The molecule has 90 valence electrons. The van der Waals surface area contributed by atoms with Gasteiger partial charge in [-0.15, -0.1) is 0 Å². The van der Waals surface area contributed by atoms with Gasteiger partial charge in [0.15, 0.2) is 0 Å². The van der Waals surface area contributed by atoms with Crippen LogP contribution in [-0.2, 0) is 15.8 Å². The van der Waals surface area contributed by atoms with Crippen LogP contribution in [0.1, 0.15) is 18.4 Å². The number of benzene rings is 1. The molecule has 0 saturated carbocycles. The van der Waals surface area contributed by atoms with Gasteiger partial charge in [0.05, 0.1) is 5.75 Å². The molecule has 0 atom stereocenters. The van der Waals surface area contributed by atoms with Crippen LogP contribution in [0, 0.1) is 0 Å². The summed E-state index contributed by atoms with van der Waals surface area (Å²) in [7, 11) is -3.17. The molecule has 0 aliphatic carbocycles. The fourth-order valence-electron chi connectivity index (χ4n) is 1.29. The zero-order valence-corrected chi connectivity index (χ0v) is 12.0. The molecule has 0 aliphatic rings. The first-order chi connectivity index (χ1) is 7.64. The Hall–Kier alpha value is -0.140. The summed E-state index contributed by atoms with van der Waals surface area (Å²) >= 11 is 2.29. The highest BCUT2D eigenvalue weighted by atomic mass is 127. The molecule has 3 nitrogen and oxygen atoms in total. The molecular weight excluding hydrogens is 337 g/mol. The number of rotatable bonds is 7. The van der Waals surface area contributed by atoms with Crippen molar-refractivity contribution in [2.45, 2.75) is 18.6 Å². The molecule has 1 aromatic rings. The van der Waals surface area contributed by atoms with Crippen LogP contribution in [0.3, 0.4) is 0 Å². The highest BCUT2D eigenvalue weighted by Crippen LogP contribution is 2.04. The molecule has 0 radical (unpaired) electrons. The molecule has 0 heterocycles. The van der Waals surface area contributed by atoms with Crippen molar-refractivity contribution < 1.29 is 8.42 Å². The van der Waals surface area contributed by atoms with Crippen molar-refractivity contribution >= 4 is 32.6 Å². The van der Waals surface area contributed by atoms with Gasteiger partial charge in [-0.1, -0.05) is 52.9 Å². The van der Waals surface area contributed by atoms with Crippen molar-refractivity contribution in [2.24, 2.45) is 0 Å². The maximum atomic E-state index is 11.7. The summed E-state index contributed by atoms with van der Waals surface area (Å²) in [6.45, 7) is 0.540. The molecule has 16 heavy (non-hydrogen) atoms. The molecule has 1 aromatic carbocycles. The van der Waals surface area contributed by atoms with Crippen molar-refractivity contribution in [3.63, 3.8) is 0 Å². The molecule has 1 rings (SSSR count). The minimum atomic E-state index is -3.17. The van der Waals surface area contributed by atoms with Crippen LogP contribution in [-0.4, -0.2) is 19.4 Å². The molecule has 0 spiro atoms. The van der Waals surface area contributed by atoms with Gasteiger partial charge in [0, 0.05) is 6.54 Å². The molecule has 0 fully saturated rings. The predicted molar refractivity (Wildman–Crippen MR) is 75.2 cm³/mol. The summed E-state index contributed by atoms with van der Waals surface area (Å²) in [5.41, 5.74) is 0.823. The van der Waals surface area contributed by atoms with E-state index in [4.69, 9.17) is 0 Å². The Morgan fingerprint density at radius 1 is 1.12 bits per heavy atom. The Morgan fingerprint density at radius 3 is 2.44 bits per heavy atom. The maximum Gasteiger partial charge on any atom is 0.215 e. The summed E-state index contributed by atoms with van der Waals surface area (Å²) < 4.78 is 27.0. The first-order valence-corrected chi connectivity index (χ1v) is 8.39. The van der Waals surface area contributed by atoms with E-state index in [9.17, 15) is 8.42 Å². The van der Waals surface area contributed by atoms with Crippen molar-refractivity contribution in [2.75, 3.05) is 11.0 Å². The van der Waals surface area contributed by atoms with E-state index in [1.165, 1.54) is 0 Å². The first-order valence-electron chi connectivity index (χ1n) is 5.21. The van der Waals surface area contributed by atoms with Crippen LogP contribution in [0.15, 0.2) is 30.3 Å². The van der Waals surface area contributed by atoms with Gasteiger partial charge in [0.2, 0.25) is 10.0 Å². The standard InChI is InChI=1S/C11H16INO2S/c12-8-4-5-9-13-16(14,15)10-11-6-2-1-3-7-11/h1-3,6-7,13H,4-5,8-10H2. The number of hydrogen-bond acceptors (Lipinski definition) is 2. The normalized spacial score (nSPS) is 11.6. The zero-order chi connectivity index (χ0) is 11.9. The smallest absolute Gasteiger partial charge is 0.215 e. The van der Waals surface area contributed by atoms with E-state index in [-0.39, 0.29) is 5.75 Å². The van der Waals surface area contributed by atoms with E-state index >= 15 is 0 Å². The lowest BCUT2D eigenvalue weighted by molar-refractivity contribution is 0.578. The molecule has 0 amide bonds. The number of nitrogens with one attached hydrogen (secondary N) is 1. The number of sulfonamides is 1. The van der Waals surface area contributed by atoms with E-state index < -0.39 is 10.0 Å². The lowest BCUT2D eigenvalue weighted by Gasteiger charge is -2.06. The fraction of sp³-hybridized carbons (Fsp3) is 0.455. The second-order valence-electron chi connectivity index (χ2n) is 3.54. The lowest BCUT2D eigenvalue weighted by Crippen LogP contribution is -2.26. The van der Waals surface area contributed by atoms with Crippen LogP contribution in [0.5, 0.6) is 0 Å². The summed E-state index contributed by atoms with van der Waals surface area (Å²) in [4.78, 5) is 0. The fourth-order valence-corrected chi connectivity index (χ4v) is 3.02. The topological polar surface area (TPSA) is 46.2 Å². The van der Waals surface area contributed by atoms with Gasteiger partial charge in [-0.25, -0.2) is 13.1 Å². The molecule has 1 N–H and O–H groups in total. The summed E-state index contributed by atoms with van der Waals surface area (Å²) in [5.74, 6) is 0.0675. The van der Waals surface area contributed by atoms with Crippen LogP contribution in [0.25, 0.3) is 0 Å². The minimum Gasteiger partial charge on any atom is -0.215 e. The molecule has 0 saturated heterocycles. The summed E-state index contributed by atoms with van der Waals surface area (Å²) in [6.07, 6.45) is 1.95. The second kappa shape index (κ2) is 7.24. The van der Waals surface area contributed by atoms with Gasteiger partial charge < -0.3 is 0 Å². The third-order valence-electron chi connectivity index (χ3n) is 2.08. The maximum absolute atomic E-state index is 11.7. The van der Waals surface area contributed by atoms with E-state index in [0.29, 0.717) is 6.54 Å². The van der Waals surface area contributed by atoms with Crippen molar-refractivity contribution in [3.05, 3.63) is 35.9 Å². The van der Waals surface area contributed by atoms with E-state index in [1.807, 2.05) is 30.3 Å². The SMILES string of the molecule is O=S(=O)(Cc1ccccc1)NCCCCI. The number of unbranched alkanes of at least 4 members (excludes halogenated alkanes) is 1. The van der Waals surface area contributed by atoms with Gasteiger partial charge in [-0.05, 0) is 22.8 Å². The third-order valence-corrected chi connectivity index (χ3v) is 4.20. The zero-order valence-electron chi connectivity index (χ0n) is 9.02. The predicted octanol–water partition coefficient (Wildman–Crippen LogP) is 2.32. The highest BCUT2D eigenvalue weighted by molar-refractivity contribution is 14.1. The molecule has 0 aromatic heterocycles. The van der Waals surface area contributed by atoms with Crippen LogP contribution in [0.2, 0.25) is 0 Å². The van der Waals surface area contributed by atoms with Crippen molar-refractivity contribution in [1.29, 1.82) is 0 Å². The quantitative estimate of drug-likeness (QED) is 0.465. The Morgan fingerprint density at radius 2 is 1.81 bits per heavy atom. The third kappa shape index (κ3) is 5.81. The Bertz CT molecular complexity index is 392. The largest absolute Gasteiger partial charge is 0.215 e. The van der Waals surface area contributed by atoms with Gasteiger partial charge in [-0.3, -0.25) is 0 Å². The van der Waals surface area contributed by atoms with Crippen LogP contribution in [0.4, 0.5) is 0 Å². The van der Waals surface area contributed by atoms with Crippen LogP contribution >= 0.6 is 22.6 Å². The van der Waals surface area contributed by atoms with E-state index in [0.717, 1.165) is 22.8 Å². The Labute approximate surface area is 111 Å². The number of alkyl halides is 1. The first kappa shape index (κ1) is 13.9. The van der Waals surface area contributed by atoms with Gasteiger partial charge in [0.25, 0.3) is 0 Å². The molecule has 0 aliphatic heterocycles. The Balaban J connectivity index is 2.40. The van der Waals surface area contributed by atoms with Crippen molar-refractivity contribution in [1.82, 2.24) is 4.72 Å². The Kier molecular flexibility index (Phi) is 6.30. The van der Waals surface area contributed by atoms with Gasteiger partial charge >= 0.3 is 0 Å². The number of hydrogen-bond donors (Lipinski definition) is 1. The molecular formula is C11H16INO2S. The molecule has 0 bridgehead atoms. The van der Waals surface area contributed by atoms with Crippen molar-refractivity contribution in [3.8, 4) is 0 Å². The van der Waals surface area contributed by atoms with E-state index in [2.05, 4.69) is 27.3 Å². The monoisotopic (exact) mass is 353 g/mol. The van der Waals surface area contributed by atoms with Gasteiger partial charge in [0.1, 0.15) is 0 Å². The van der Waals surface area contributed by atoms with Crippen LogP contribution < -0.4 is 4.72 Å². The average molecular weight is 353 g/mol. The average Bonchev–Trinajstić information content (AvgIpc) is 2.25.